The first-order valence-corrected chi connectivity index (χ1v) is 11.1. The van der Waals surface area contributed by atoms with Gasteiger partial charge in [0.05, 0.1) is 37.8 Å². The lowest BCUT2D eigenvalue weighted by Gasteiger charge is -2.09. The van der Waals surface area contributed by atoms with E-state index in [-0.39, 0.29) is 0 Å². The molecule has 5 nitrogen and oxygen atoms in total. The highest BCUT2D eigenvalue weighted by Gasteiger charge is 2.10. The summed E-state index contributed by atoms with van der Waals surface area (Å²) in [7, 11) is 1.66. The molecule has 0 saturated carbocycles. The van der Waals surface area contributed by atoms with Crippen LogP contribution in [0.15, 0.2) is 47.6 Å². The van der Waals surface area contributed by atoms with E-state index in [1.54, 1.807) is 19.5 Å². The molecule has 0 amide bonds. The largest absolute Gasteiger partial charge is 0.496 e. The van der Waals surface area contributed by atoms with Crippen molar-refractivity contribution in [2.24, 2.45) is 0 Å². The van der Waals surface area contributed by atoms with Gasteiger partial charge in [-0.3, -0.25) is 4.98 Å². The van der Waals surface area contributed by atoms with Crippen LogP contribution < -0.4 is 4.74 Å². The van der Waals surface area contributed by atoms with E-state index in [4.69, 9.17) is 4.74 Å². The van der Waals surface area contributed by atoms with E-state index in [1.807, 2.05) is 35.0 Å². The summed E-state index contributed by atoms with van der Waals surface area (Å²) in [5, 5.41) is 4.31. The normalized spacial score (nSPS) is 11.2. The average Bonchev–Trinajstić information content (AvgIpc) is 3.04. The fraction of sp³-hybridized carbons (Fsp3) is 0.0714. The molecular weight excluding hydrogens is 478 g/mol. The smallest absolute Gasteiger partial charge is 0.128 e. The third kappa shape index (κ3) is 3.31. The van der Waals surface area contributed by atoms with Gasteiger partial charge in [-0.15, -0.1) is 0 Å². The Morgan fingerprint density at radius 1 is 1.18 bits per heavy atom. The Morgan fingerprint density at radius 3 is 2.68 bits per heavy atom. The number of methoxy groups -OCH3 is 1. The van der Waals surface area contributed by atoms with Gasteiger partial charge in [-0.05, 0) is 55.7 Å². The molecule has 22 heavy (non-hydrogen) atoms. The number of hydrogen-bond donors (Lipinski definition) is 0. The Balaban J connectivity index is 2.01. The van der Waals surface area contributed by atoms with Gasteiger partial charge in [-0.2, -0.15) is 5.10 Å². The highest BCUT2D eigenvalue weighted by molar-refractivity contribution is 14.2. The maximum atomic E-state index is 5.52. The Labute approximate surface area is 151 Å². The molecule has 3 aromatic rings. The lowest BCUT2D eigenvalue weighted by atomic mass is 10.0. The van der Waals surface area contributed by atoms with Crippen molar-refractivity contribution in [1.82, 2.24) is 19.5 Å². The van der Waals surface area contributed by atoms with Gasteiger partial charge in [0.1, 0.15) is 10.4 Å². The highest BCUT2D eigenvalue weighted by Crippen LogP contribution is 2.34. The molecule has 112 valence electrons. The van der Waals surface area contributed by atoms with E-state index in [0.717, 1.165) is 28.1 Å². The van der Waals surface area contributed by atoms with Gasteiger partial charge >= 0.3 is 0 Å². The number of hydrogen-bond acceptors (Lipinski definition) is 4. The second kappa shape index (κ2) is 7.02. The third-order valence-electron chi connectivity index (χ3n) is 3.10. The maximum absolute atomic E-state index is 5.52. The maximum Gasteiger partial charge on any atom is 0.128 e. The summed E-state index contributed by atoms with van der Waals surface area (Å²) in [6.45, 7) is 0. The zero-order valence-corrected chi connectivity index (χ0v) is 16.2. The first-order valence-electron chi connectivity index (χ1n) is 6.29. The first-order chi connectivity index (χ1) is 10.7. The minimum absolute atomic E-state index is 0.589. The minimum atomic E-state index is 0.589. The standard InChI is InChI=1S/C14H11BrIN4OP/c1-21-13-4-9(10-5-19-20(8-10)22-16)2-3-11(13)12-6-18-14(15)7-17-12/h2-8,22H,1H3. The molecule has 0 bridgehead atoms. The van der Waals surface area contributed by atoms with Crippen LogP contribution in [0.3, 0.4) is 0 Å². The molecule has 8 heteroatoms. The van der Waals surface area contributed by atoms with Crippen LogP contribution in [0.25, 0.3) is 22.4 Å². The lowest BCUT2D eigenvalue weighted by molar-refractivity contribution is 0.416. The fourth-order valence-electron chi connectivity index (χ4n) is 2.05. The van der Waals surface area contributed by atoms with E-state index >= 15 is 0 Å². The molecule has 0 fully saturated rings. The SMILES string of the molecule is COc1cc(-c2cnn(PI)c2)ccc1-c1cnc(Br)cn1. The molecule has 0 saturated heterocycles. The Morgan fingerprint density at radius 2 is 2.05 bits per heavy atom. The minimum Gasteiger partial charge on any atom is -0.496 e. The van der Waals surface area contributed by atoms with Gasteiger partial charge in [0.2, 0.25) is 0 Å². The van der Waals surface area contributed by atoms with Crippen LogP contribution in [0.2, 0.25) is 0 Å². The molecule has 0 spiro atoms. The molecule has 0 radical (unpaired) electrons. The van der Waals surface area contributed by atoms with E-state index in [9.17, 15) is 0 Å². The molecular formula is C14H11BrIN4OP. The van der Waals surface area contributed by atoms with Crippen LogP contribution in [0.1, 0.15) is 0 Å². The van der Waals surface area contributed by atoms with Gasteiger partial charge in [0, 0.05) is 17.3 Å². The Kier molecular flexibility index (Phi) is 5.05. The summed E-state index contributed by atoms with van der Waals surface area (Å²) in [6.07, 6.45) is 7.87. The summed E-state index contributed by atoms with van der Waals surface area (Å²) in [4.78, 5) is 8.58. The summed E-state index contributed by atoms with van der Waals surface area (Å²) < 4.78 is 8.14. The summed E-state index contributed by atoms with van der Waals surface area (Å²) >= 11 is 5.59. The number of rotatable bonds is 4. The van der Waals surface area contributed by atoms with Crippen LogP contribution >= 0.6 is 44.3 Å². The number of nitrogens with zero attached hydrogens (tertiary/aromatic N) is 4. The van der Waals surface area contributed by atoms with Gasteiger partial charge in [0.25, 0.3) is 0 Å². The summed E-state index contributed by atoms with van der Waals surface area (Å²) in [6, 6.07) is 6.03. The van der Waals surface area contributed by atoms with Crippen molar-refractivity contribution in [1.29, 1.82) is 0 Å². The number of ether oxygens (including phenoxy) is 1. The predicted molar refractivity (Wildman–Crippen MR) is 101 cm³/mol. The van der Waals surface area contributed by atoms with Crippen molar-refractivity contribution >= 4 is 44.3 Å². The fourth-order valence-corrected chi connectivity index (χ4v) is 3.34. The van der Waals surface area contributed by atoms with Crippen LogP contribution in [0.5, 0.6) is 5.75 Å². The van der Waals surface area contributed by atoms with E-state index in [2.05, 4.69) is 53.0 Å². The van der Waals surface area contributed by atoms with Gasteiger partial charge < -0.3 is 4.74 Å². The number of halogens is 2. The van der Waals surface area contributed by atoms with Crippen molar-refractivity contribution in [3.05, 3.63) is 47.6 Å². The van der Waals surface area contributed by atoms with Crippen molar-refractivity contribution in [2.75, 3.05) is 7.11 Å². The number of benzene rings is 1. The molecule has 2 heterocycles. The molecule has 0 aliphatic carbocycles. The highest BCUT2D eigenvalue weighted by atomic mass is 127. The molecule has 1 unspecified atom stereocenters. The van der Waals surface area contributed by atoms with Gasteiger partial charge in [-0.1, -0.05) is 6.07 Å². The third-order valence-corrected chi connectivity index (χ3v) is 5.41. The molecule has 1 atom stereocenters. The second-order valence-corrected chi connectivity index (χ2v) is 7.28. The van der Waals surface area contributed by atoms with E-state index in [1.165, 1.54) is 0 Å². The van der Waals surface area contributed by atoms with Crippen molar-refractivity contribution in [2.45, 2.75) is 0 Å². The topological polar surface area (TPSA) is 52.8 Å². The van der Waals surface area contributed by atoms with E-state index in [0.29, 0.717) is 11.0 Å². The second-order valence-electron chi connectivity index (χ2n) is 4.40. The average molecular weight is 489 g/mol. The van der Waals surface area contributed by atoms with Crippen molar-refractivity contribution in [3.63, 3.8) is 0 Å². The monoisotopic (exact) mass is 488 g/mol. The van der Waals surface area contributed by atoms with Crippen LogP contribution in [-0.2, 0) is 0 Å². The quantitative estimate of drug-likeness (QED) is 0.399. The molecule has 1 aromatic carbocycles. The van der Waals surface area contributed by atoms with Crippen molar-refractivity contribution in [3.8, 4) is 28.1 Å². The zero-order chi connectivity index (χ0) is 15.5. The van der Waals surface area contributed by atoms with Crippen LogP contribution in [0, 0.1) is 0 Å². The lowest BCUT2D eigenvalue weighted by Crippen LogP contribution is -1.92. The number of aromatic nitrogens is 4. The summed E-state index contributed by atoms with van der Waals surface area (Å²) in [5.41, 5.74) is 3.81. The van der Waals surface area contributed by atoms with Gasteiger partial charge in [0.15, 0.2) is 0 Å². The molecule has 2 aromatic heterocycles. The molecule has 0 aliphatic heterocycles. The van der Waals surface area contributed by atoms with Crippen LogP contribution in [-0.4, -0.2) is 26.6 Å². The van der Waals surface area contributed by atoms with Crippen molar-refractivity contribution < 1.29 is 4.74 Å². The van der Waals surface area contributed by atoms with E-state index < -0.39 is 0 Å². The van der Waals surface area contributed by atoms with Gasteiger partial charge in [-0.25, -0.2) is 9.44 Å². The molecule has 0 aliphatic rings. The predicted octanol–water partition coefficient (Wildman–Crippen LogP) is 4.57. The zero-order valence-electron chi connectivity index (χ0n) is 11.5. The Hall–Kier alpha value is -1.05. The molecule has 3 rings (SSSR count). The molecule has 0 N–H and O–H groups in total. The Bertz CT molecular complexity index is 794. The first kappa shape index (κ1) is 15.8. The van der Waals surface area contributed by atoms with Crippen LogP contribution in [0.4, 0.5) is 0 Å². The summed E-state index contributed by atoms with van der Waals surface area (Å²) in [5.74, 6) is 0.763.